The minimum absolute atomic E-state index is 0.148. The molecule has 0 rings (SSSR count). The Balaban J connectivity index is 3.37. The van der Waals surface area contributed by atoms with E-state index in [2.05, 4.69) is 10.1 Å². The molecule has 0 radical (unpaired) electrons. The van der Waals surface area contributed by atoms with E-state index in [-0.39, 0.29) is 12.5 Å². The molecule has 1 N–H and O–H groups in total. The van der Waals surface area contributed by atoms with Gasteiger partial charge in [0, 0.05) is 17.1 Å². The molecule has 0 aromatic carbocycles. The fourth-order valence-electron chi connectivity index (χ4n) is 0.535. The summed E-state index contributed by atoms with van der Waals surface area (Å²) in [6.45, 7) is 2.67. The average Bonchev–Trinajstić information content (AvgIpc) is 2.04. The summed E-state index contributed by atoms with van der Waals surface area (Å²) in [6.07, 6.45) is 0. The van der Waals surface area contributed by atoms with Gasteiger partial charge in [-0.25, -0.2) is 0 Å². The lowest BCUT2D eigenvalue weighted by molar-refractivity contribution is -0.141. The van der Waals surface area contributed by atoms with Crippen molar-refractivity contribution in [3.8, 4) is 0 Å². The number of carbonyl (C=O) groups excluding carboxylic acids is 1. The third-order valence-electron chi connectivity index (χ3n) is 0.987. The molecular formula is C7H11Cl2NO2. The van der Waals surface area contributed by atoms with Crippen LogP contribution in [0.2, 0.25) is 0 Å². The number of hydrogen-bond acceptors (Lipinski definition) is 3. The van der Waals surface area contributed by atoms with Crippen LogP contribution in [0.5, 0.6) is 0 Å². The highest BCUT2D eigenvalue weighted by Gasteiger charge is 1.99. The number of halogens is 2. The molecule has 70 valence electrons. The molecule has 0 aliphatic rings. The fourth-order valence-corrected chi connectivity index (χ4v) is 0.706. The Morgan fingerprint density at radius 3 is 2.75 bits per heavy atom. The predicted molar refractivity (Wildman–Crippen MR) is 49.3 cm³/mol. The van der Waals surface area contributed by atoms with Gasteiger partial charge in [-0.2, -0.15) is 0 Å². The minimum Gasteiger partial charge on any atom is -0.465 e. The van der Waals surface area contributed by atoms with Crippen LogP contribution in [0, 0.1) is 0 Å². The van der Waals surface area contributed by atoms with Crippen LogP contribution in [0.3, 0.4) is 0 Å². The SMILES string of the molecule is CCOC(=O)CNCC(Cl)=CCl. The lowest BCUT2D eigenvalue weighted by Gasteiger charge is -2.02. The minimum atomic E-state index is -0.295. The molecule has 0 amide bonds. The topological polar surface area (TPSA) is 38.3 Å². The third-order valence-corrected chi connectivity index (χ3v) is 1.60. The molecule has 0 spiro atoms. The van der Waals surface area contributed by atoms with E-state index in [1.807, 2.05) is 0 Å². The monoisotopic (exact) mass is 211 g/mol. The smallest absolute Gasteiger partial charge is 0.319 e. The second-order valence-electron chi connectivity index (χ2n) is 1.96. The van der Waals surface area contributed by atoms with E-state index < -0.39 is 0 Å². The fraction of sp³-hybridized carbons (Fsp3) is 0.571. The highest BCUT2D eigenvalue weighted by molar-refractivity contribution is 6.36. The van der Waals surface area contributed by atoms with Crippen molar-refractivity contribution < 1.29 is 9.53 Å². The summed E-state index contributed by atoms with van der Waals surface area (Å²) in [4.78, 5) is 10.7. The van der Waals surface area contributed by atoms with Crippen molar-refractivity contribution in [3.63, 3.8) is 0 Å². The number of nitrogens with one attached hydrogen (secondary N) is 1. The lowest BCUT2D eigenvalue weighted by Crippen LogP contribution is -2.25. The molecule has 0 saturated heterocycles. The van der Waals surface area contributed by atoms with E-state index in [1.54, 1.807) is 6.92 Å². The molecule has 0 aromatic heterocycles. The number of ether oxygens (including phenoxy) is 1. The molecule has 0 atom stereocenters. The standard InChI is InChI=1S/C7H11Cl2NO2/c1-2-12-7(11)5-10-4-6(9)3-8/h3,10H,2,4-5H2,1H3. The first-order valence-electron chi connectivity index (χ1n) is 3.51. The van der Waals surface area contributed by atoms with Gasteiger partial charge in [0.2, 0.25) is 0 Å². The first kappa shape index (κ1) is 11.8. The third kappa shape index (κ3) is 6.46. The normalized spacial score (nSPS) is 11.4. The average molecular weight is 212 g/mol. The molecule has 0 unspecified atom stereocenters. The summed E-state index contributed by atoms with van der Waals surface area (Å²) in [6, 6.07) is 0. The van der Waals surface area contributed by atoms with E-state index in [4.69, 9.17) is 23.2 Å². The molecule has 0 saturated carbocycles. The second kappa shape index (κ2) is 7.40. The Bertz CT molecular complexity index is 171. The first-order chi connectivity index (χ1) is 5.70. The first-order valence-corrected chi connectivity index (χ1v) is 4.33. The largest absolute Gasteiger partial charge is 0.465 e. The van der Waals surface area contributed by atoms with E-state index in [0.717, 1.165) is 0 Å². The van der Waals surface area contributed by atoms with Crippen LogP contribution in [0.1, 0.15) is 6.92 Å². The summed E-state index contributed by atoms with van der Waals surface area (Å²) in [5.74, 6) is -0.295. The van der Waals surface area contributed by atoms with E-state index in [1.165, 1.54) is 5.54 Å². The van der Waals surface area contributed by atoms with Crippen LogP contribution in [0.15, 0.2) is 10.6 Å². The zero-order valence-corrected chi connectivity index (χ0v) is 8.28. The van der Waals surface area contributed by atoms with Gasteiger partial charge >= 0.3 is 5.97 Å². The molecule has 0 aromatic rings. The quantitative estimate of drug-likeness (QED) is 0.701. The zero-order chi connectivity index (χ0) is 9.40. The molecule has 0 aliphatic carbocycles. The van der Waals surface area contributed by atoms with E-state index >= 15 is 0 Å². The van der Waals surface area contributed by atoms with E-state index in [9.17, 15) is 4.79 Å². The van der Waals surface area contributed by atoms with Crippen molar-refractivity contribution in [1.29, 1.82) is 0 Å². The Morgan fingerprint density at radius 2 is 2.25 bits per heavy atom. The van der Waals surface area contributed by atoms with Crippen LogP contribution in [0.4, 0.5) is 0 Å². The molecule has 0 bridgehead atoms. The van der Waals surface area contributed by atoms with Crippen LogP contribution in [0.25, 0.3) is 0 Å². The summed E-state index contributed by atoms with van der Waals surface area (Å²) in [7, 11) is 0. The highest BCUT2D eigenvalue weighted by atomic mass is 35.5. The second-order valence-corrected chi connectivity index (χ2v) is 2.67. The van der Waals surface area contributed by atoms with Gasteiger partial charge in [0.25, 0.3) is 0 Å². The highest BCUT2D eigenvalue weighted by Crippen LogP contribution is 1.99. The zero-order valence-electron chi connectivity index (χ0n) is 6.77. The molecule has 0 aliphatic heterocycles. The van der Waals surface area contributed by atoms with E-state index in [0.29, 0.717) is 18.2 Å². The van der Waals surface area contributed by atoms with Crippen LogP contribution in [-0.4, -0.2) is 25.7 Å². The summed E-state index contributed by atoms with van der Waals surface area (Å²) < 4.78 is 4.66. The van der Waals surface area contributed by atoms with Gasteiger partial charge < -0.3 is 10.1 Å². The van der Waals surface area contributed by atoms with Gasteiger partial charge in [-0.15, -0.1) is 0 Å². The van der Waals surface area contributed by atoms with Gasteiger partial charge in [-0.05, 0) is 6.92 Å². The summed E-state index contributed by atoms with van der Waals surface area (Å²) in [5, 5.41) is 3.22. The van der Waals surface area contributed by atoms with Gasteiger partial charge in [-0.3, -0.25) is 4.79 Å². The molecule has 3 nitrogen and oxygen atoms in total. The maximum atomic E-state index is 10.7. The summed E-state index contributed by atoms with van der Waals surface area (Å²) in [5.41, 5.74) is 1.25. The Labute approximate surface area is 81.7 Å². The van der Waals surface area contributed by atoms with Gasteiger partial charge in [0.05, 0.1) is 13.2 Å². The van der Waals surface area contributed by atoms with Crippen LogP contribution in [-0.2, 0) is 9.53 Å². The number of hydrogen-bond donors (Lipinski definition) is 1. The number of esters is 1. The van der Waals surface area contributed by atoms with Crippen LogP contribution < -0.4 is 5.32 Å². The van der Waals surface area contributed by atoms with Crippen LogP contribution >= 0.6 is 23.2 Å². The Morgan fingerprint density at radius 1 is 1.58 bits per heavy atom. The van der Waals surface area contributed by atoms with Gasteiger partial charge in [-0.1, -0.05) is 23.2 Å². The predicted octanol–water partition coefficient (Wildman–Crippen LogP) is 1.46. The molecule has 0 fully saturated rings. The lowest BCUT2D eigenvalue weighted by atomic mass is 10.5. The van der Waals surface area contributed by atoms with Crippen molar-refractivity contribution in [3.05, 3.63) is 10.6 Å². The Kier molecular flexibility index (Phi) is 7.25. The molecule has 5 heteroatoms. The molecule has 12 heavy (non-hydrogen) atoms. The maximum absolute atomic E-state index is 10.7. The number of carbonyl (C=O) groups is 1. The number of rotatable bonds is 5. The van der Waals surface area contributed by atoms with Crippen molar-refractivity contribution in [2.75, 3.05) is 19.7 Å². The van der Waals surface area contributed by atoms with Gasteiger partial charge in [0.15, 0.2) is 0 Å². The Hall–Kier alpha value is -0.250. The van der Waals surface area contributed by atoms with Crippen molar-refractivity contribution in [1.82, 2.24) is 5.32 Å². The van der Waals surface area contributed by atoms with Crippen molar-refractivity contribution in [2.24, 2.45) is 0 Å². The molecule has 0 heterocycles. The van der Waals surface area contributed by atoms with Crippen molar-refractivity contribution >= 4 is 29.2 Å². The molecular weight excluding hydrogens is 201 g/mol. The summed E-state index contributed by atoms with van der Waals surface area (Å²) >= 11 is 10.8. The maximum Gasteiger partial charge on any atom is 0.319 e. The van der Waals surface area contributed by atoms with Crippen molar-refractivity contribution in [2.45, 2.75) is 6.92 Å². The van der Waals surface area contributed by atoms with Gasteiger partial charge in [0.1, 0.15) is 0 Å².